The Morgan fingerprint density at radius 2 is 1.77 bits per heavy atom. The second kappa shape index (κ2) is 7.50. The number of hydrogen-bond donors (Lipinski definition) is 1. The van der Waals surface area contributed by atoms with Crippen molar-refractivity contribution in [2.24, 2.45) is 5.92 Å². The van der Waals surface area contributed by atoms with Gasteiger partial charge in [0, 0.05) is 34.9 Å². The Morgan fingerprint density at radius 3 is 2.45 bits per heavy atom. The summed E-state index contributed by atoms with van der Waals surface area (Å²) in [4.78, 5) is 23.5. The first kappa shape index (κ1) is 20.8. The fraction of sp³-hybridized carbons (Fsp3) is 0.364. The van der Waals surface area contributed by atoms with Crippen molar-refractivity contribution in [1.29, 1.82) is 0 Å². The number of aromatic amines is 1. The van der Waals surface area contributed by atoms with Crippen LogP contribution in [0.4, 0.5) is 20.2 Å². The predicted molar refractivity (Wildman–Crippen MR) is 125 cm³/mol. The Kier molecular flexibility index (Phi) is 5.02. The first-order valence-electron chi connectivity index (χ1n) is 10.3. The van der Waals surface area contributed by atoms with Crippen LogP contribution in [-0.4, -0.2) is 33.9 Å². The van der Waals surface area contributed by atoms with Crippen molar-refractivity contribution in [2.75, 3.05) is 22.9 Å². The smallest absolute Gasteiger partial charge is 0.232 e. The van der Waals surface area contributed by atoms with Crippen LogP contribution in [0.3, 0.4) is 0 Å². The molecule has 2 aliphatic heterocycles. The summed E-state index contributed by atoms with van der Waals surface area (Å²) in [6.07, 6.45) is 3.39. The van der Waals surface area contributed by atoms with E-state index in [9.17, 15) is 4.79 Å². The number of aromatic nitrogens is 2. The monoisotopic (exact) mass is 460 g/mol. The second-order valence-electron chi connectivity index (χ2n) is 8.59. The normalized spacial score (nSPS) is 23.3. The van der Waals surface area contributed by atoms with E-state index in [2.05, 4.69) is 28.4 Å². The minimum absolute atomic E-state index is 0.0542. The van der Waals surface area contributed by atoms with Gasteiger partial charge in [-0.25, -0.2) is 13.8 Å². The fourth-order valence-electron chi connectivity index (χ4n) is 4.59. The number of anilines is 2. The molecule has 2 aliphatic rings. The molecule has 2 aromatic carbocycles. The third-order valence-electron chi connectivity index (χ3n) is 6.48. The Labute approximate surface area is 184 Å². The molecule has 0 aliphatic carbocycles. The average molecular weight is 460 g/mol. The molecule has 2 unspecified atom stereocenters. The molecule has 4 atom stereocenters. The number of fused-ring (bicyclic) bond motifs is 1. The molecule has 0 saturated carbocycles. The van der Waals surface area contributed by atoms with E-state index in [0.29, 0.717) is 16.9 Å². The zero-order valence-corrected chi connectivity index (χ0v) is 19.4. The molecule has 1 N–H and O–H groups in total. The van der Waals surface area contributed by atoms with Crippen LogP contribution in [0.1, 0.15) is 31.4 Å². The van der Waals surface area contributed by atoms with Gasteiger partial charge in [-0.15, -0.1) is 18.5 Å². The number of nitrogens with zero attached hydrogens (tertiary/aromatic N) is 3. The van der Waals surface area contributed by atoms with Gasteiger partial charge in [-0.2, -0.15) is 0 Å². The number of halogens is 2. The number of β-lactam (4-membered cyclic amide) rings is 1. The molecule has 2 saturated heterocycles. The van der Waals surface area contributed by atoms with E-state index in [4.69, 9.17) is 0 Å². The van der Waals surface area contributed by atoms with E-state index in [1.165, 1.54) is 17.0 Å². The van der Waals surface area contributed by atoms with Gasteiger partial charge in [-0.3, -0.25) is 4.79 Å². The first-order valence-corrected chi connectivity index (χ1v) is 11.5. The van der Waals surface area contributed by atoms with Crippen molar-refractivity contribution in [2.45, 2.75) is 30.7 Å². The number of carbonyl (C=O) groups is 1. The van der Waals surface area contributed by atoms with Crippen molar-refractivity contribution in [3.63, 3.8) is 0 Å². The number of nitrogens with one attached hydrogen (secondary N) is 1. The lowest BCUT2D eigenvalue weighted by Crippen LogP contribution is -2.54. The average Bonchev–Trinajstić information content (AvgIpc) is 3.20. The molecule has 3 aromatic rings. The molecule has 0 spiro atoms. The number of piperidine rings is 1. The lowest BCUT2D eigenvalue weighted by Gasteiger charge is -2.46. The van der Waals surface area contributed by atoms with E-state index >= 15 is 8.78 Å². The van der Waals surface area contributed by atoms with Gasteiger partial charge in [0.15, 0.2) is 0 Å². The van der Waals surface area contributed by atoms with Crippen molar-refractivity contribution < 1.29 is 13.6 Å². The Morgan fingerprint density at radius 1 is 1.10 bits per heavy atom. The zero-order valence-electron chi connectivity index (χ0n) is 17.1. The van der Waals surface area contributed by atoms with Crippen LogP contribution in [0.25, 0.3) is 11.0 Å². The van der Waals surface area contributed by atoms with Gasteiger partial charge in [0.2, 0.25) is 5.91 Å². The van der Waals surface area contributed by atoms with Crippen LogP contribution in [0.15, 0.2) is 36.7 Å². The topological polar surface area (TPSA) is 52.2 Å². The summed E-state index contributed by atoms with van der Waals surface area (Å²) in [5.41, 5.74) is 2.62. The number of H-pyrrole nitrogens is 1. The molecule has 3 heterocycles. The third kappa shape index (κ3) is 3.52. The van der Waals surface area contributed by atoms with E-state index in [0.717, 1.165) is 31.4 Å². The van der Waals surface area contributed by atoms with Crippen LogP contribution >= 0.6 is 18.5 Å². The van der Waals surface area contributed by atoms with Crippen LogP contribution in [0, 0.1) is 17.6 Å². The minimum Gasteiger partial charge on any atom is -0.371 e. The standard InChI is InChI=1S/C22H24F2N4OP2/c1-12-20(28(21(12)29)13-2-3-17-18(10-13)26-11-25-17)19-15(23)8-14(9-16(19)24)27-6-4-22(30,31)5-7-27/h2-3,8-12,20H,4-7,30-31H2,1H3,(H,25,26)/t12-,20-/m0/s1. The van der Waals surface area contributed by atoms with Gasteiger partial charge < -0.3 is 14.8 Å². The highest BCUT2D eigenvalue weighted by molar-refractivity contribution is 7.39. The molecule has 9 heteroatoms. The van der Waals surface area contributed by atoms with Gasteiger partial charge in [0.1, 0.15) is 11.6 Å². The number of rotatable bonds is 3. The molecule has 31 heavy (non-hydrogen) atoms. The summed E-state index contributed by atoms with van der Waals surface area (Å²) in [5.74, 6) is -1.89. The van der Waals surface area contributed by atoms with Crippen molar-refractivity contribution in [1.82, 2.24) is 9.97 Å². The zero-order chi connectivity index (χ0) is 21.9. The quantitative estimate of drug-likeness (QED) is 0.459. The number of amides is 1. The van der Waals surface area contributed by atoms with Gasteiger partial charge in [-0.05, 0) is 43.2 Å². The lowest BCUT2D eigenvalue weighted by atomic mass is 9.82. The van der Waals surface area contributed by atoms with Gasteiger partial charge in [-0.1, -0.05) is 6.92 Å². The highest BCUT2D eigenvalue weighted by atomic mass is 31.1. The Balaban J connectivity index is 1.47. The molecule has 2 fully saturated rings. The number of carbonyl (C=O) groups excluding carboxylic acids is 1. The number of hydrogen-bond acceptors (Lipinski definition) is 3. The van der Waals surface area contributed by atoms with Crippen LogP contribution in [0.2, 0.25) is 0 Å². The molecule has 0 radical (unpaired) electrons. The van der Waals surface area contributed by atoms with Gasteiger partial charge in [0.25, 0.3) is 0 Å². The lowest BCUT2D eigenvalue weighted by molar-refractivity contribution is -0.129. The molecule has 1 amide bonds. The molecular formula is C22H24F2N4OP2. The Bertz CT molecular complexity index is 1150. The SMILES string of the molecule is C[C@@H]1C(=O)N(c2ccc3[nH]cnc3c2)[C@@H]1c1c(F)cc(N2CCC(P)(P)CC2)cc1F. The van der Waals surface area contributed by atoms with E-state index in [1.54, 1.807) is 25.4 Å². The molecule has 1 aromatic heterocycles. The van der Waals surface area contributed by atoms with E-state index < -0.39 is 23.6 Å². The number of imidazole rings is 1. The summed E-state index contributed by atoms with van der Waals surface area (Å²) in [6.45, 7) is 3.18. The van der Waals surface area contributed by atoms with Crippen LogP contribution in [-0.2, 0) is 4.79 Å². The fourth-order valence-corrected chi connectivity index (χ4v) is 5.10. The summed E-state index contributed by atoms with van der Waals surface area (Å²) in [5, 5.41) is 0. The highest BCUT2D eigenvalue weighted by Crippen LogP contribution is 2.46. The first-order chi connectivity index (χ1) is 14.7. The van der Waals surface area contributed by atoms with Crippen molar-refractivity contribution >= 4 is 46.8 Å². The van der Waals surface area contributed by atoms with Crippen LogP contribution < -0.4 is 9.80 Å². The summed E-state index contributed by atoms with van der Waals surface area (Å²) < 4.78 is 30.5. The van der Waals surface area contributed by atoms with Crippen molar-refractivity contribution in [3.8, 4) is 0 Å². The second-order valence-corrected chi connectivity index (χ2v) is 11.6. The highest BCUT2D eigenvalue weighted by Gasteiger charge is 2.48. The maximum Gasteiger partial charge on any atom is 0.232 e. The minimum atomic E-state index is -0.689. The van der Waals surface area contributed by atoms with Crippen molar-refractivity contribution in [3.05, 3.63) is 53.9 Å². The maximum atomic E-state index is 15.3. The van der Waals surface area contributed by atoms with Gasteiger partial charge in [0.05, 0.1) is 29.3 Å². The van der Waals surface area contributed by atoms with E-state index in [-0.39, 0.29) is 16.4 Å². The van der Waals surface area contributed by atoms with Crippen LogP contribution in [0.5, 0.6) is 0 Å². The molecule has 0 bridgehead atoms. The summed E-state index contributed by atoms with van der Waals surface area (Å²) >= 11 is 0. The maximum absolute atomic E-state index is 15.3. The van der Waals surface area contributed by atoms with Gasteiger partial charge >= 0.3 is 0 Å². The Hall–Kier alpha value is -2.10. The number of benzene rings is 2. The predicted octanol–water partition coefficient (Wildman–Crippen LogP) is 4.61. The molecular weight excluding hydrogens is 436 g/mol. The molecule has 5 rings (SSSR count). The summed E-state index contributed by atoms with van der Waals surface area (Å²) in [7, 11) is 5.69. The molecule has 5 nitrogen and oxygen atoms in total. The third-order valence-corrected chi connectivity index (χ3v) is 7.64. The molecule has 162 valence electrons. The summed E-state index contributed by atoms with van der Waals surface area (Å²) in [6, 6.07) is 7.47. The van der Waals surface area contributed by atoms with E-state index in [1.807, 2.05) is 11.0 Å². The largest absolute Gasteiger partial charge is 0.371 e.